The zero-order valence-corrected chi connectivity index (χ0v) is 12.6. The smallest absolute Gasteiger partial charge is 0.211 e. The summed E-state index contributed by atoms with van der Waals surface area (Å²) in [6.07, 6.45) is 0.670. The van der Waals surface area contributed by atoms with Crippen molar-refractivity contribution in [2.24, 2.45) is 0 Å². The van der Waals surface area contributed by atoms with Gasteiger partial charge in [-0.15, -0.1) is 24.8 Å². The summed E-state index contributed by atoms with van der Waals surface area (Å²) in [5.74, 6) is 0.231. The largest absolute Gasteiger partial charge is 0.314 e. The first-order chi connectivity index (χ1) is 7.14. The third-order valence-corrected chi connectivity index (χ3v) is 4.02. The van der Waals surface area contributed by atoms with E-state index in [-0.39, 0.29) is 30.6 Å². The normalized spacial score (nSPS) is 17.0. The summed E-state index contributed by atoms with van der Waals surface area (Å²) in [7, 11) is -3.02. The molecule has 1 rings (SSSR count). The fourth-order valence-corrected chi connectivity index (χ4v) is 2.72. The molecule has 1 fully saturated rings. The molecule has 0 aromatic carbocycles. The minimum absolute atomic E-state index is 0. The Kier molecular flexibility index (Phi) is 12.0. The number of nitrogens with one attached hydrogen (secondary N) is 2. The van der Waals surface area contributed by atoms with Gasteiger partial charge in [0, 0.05) is 39.3 Å². The van der Waals surface area contributed by atoms with Crippen LogP contribution in [0.5, 0.6) is 0 Å². The van der Waals surface area contributed by atoms with Gasteiger partial charge in [0.05, 0.1) is 5.75 Å². The second-order valence-corrected chi connectivity index (χ2v) is 5.73. The highest BCUT2D eigenvalue weighted by Crippen LogP contribution is 1.92. The first-order valence-corrected chi connectivity index (χ1v) is 7.19. The fraction of sp³-hybridized carbons (Fsp3) is 1.00. The lowest BCUT2D eigenvalue weighted by molar-refractivity contribution is 0.245. The number of hydrogen-bond acceptors (Lipinski definition) is 4. The van der Waals surface area contributed by atoms with E-state index < -0.39 is 10.0 Å². The Labute approximate surface area is 117 Å². The highest BCUT2D eigenvalue weighted by molar-refractivity contribution is 7.89. The van der Waals surface area contributed by atoms with E-state index in [1.165, 1.54) is 0 Å². The van der Waals surface area contributed by atoms with E-state index in [1.807, 2.05) is 6.92 Å². The highest BCUT2D eigenvalue weighted by atomic mass is 35.5. The molecule has 0 spiro atoms. The van der Waals surface area contributed by atoms with Crippen LogP contribution in [0.15, 0.2) is 0 Å². The molecule has 0 aliphatic carbocycles. The maximum absolute atomic E-state index is 11.3. The van der Waals surface area contributed by atoms with Crippen LogP contribution in [-0.4, -0.2) is 58.3 Å². The molecule has 0 radical (unpaired) electrons. The summed E-state index contributed by atoms with van der Waals surface area (Å²) in [4.78, 5) is 2.27. The fourth-order valence-electron chi connectivity index (χ4n) is 1.63. The lowest BCUT2D eigenvalue weighted by Crippen LogP contribution is -2.46. The number of rotatable bonds is 6. The summed E-state index contributed by atoms with van der Waals surface area (Å²) in [5.41, 5.74) is 0. The minimum Gasteiger partial charge on any atom is -0.314 e. The Balaban J connectivity index is 0. The third kappa shape index (κ3) is 9.04. The van der Waals surface area contributed by atoms with Crippen LogP contribution in [-0.2, 0) is 10.0 Å². The lowest BCUT2D eigenvalue weighted by atomic mass is 10.3. The molecule has 17 heavy (non-hydrogen) atoms. The van der Waals surface area contributed by atoms with Gasteiger partial charge < -0.3 is 5.32 Å². The summed E-state index contributed by atoms with van der Waals surface area (Å²) in [6.45, 7) is 7.23. The average molecular weight is 308 g/mol. The van der Waals surface area contributed by atoms with E-state index in [4.69, 9.17) is 0 Å². The summed E-state index contributed by atoms with van der Waals surface area (Å²) in [5, 5.41) is 3.26. The van der Waals surface area contributed by atoms with E-state index in [9.17, 15) is 8.42 Å². The van der Waals surface area contributed by atoms with Crippen LogP contribution < -0.4 is 10.0 Å². The standard InChI is InChI=1S/C9H21N3O2S.2ClH/c1-2-9-15(13,14)11-5-8-12-6-3-10-4-7-12;;/h10-11H,2-9H2,1H3;2*1H. The van der Waals surface area contributed by atoms with Crippen molar-refractivity contribution in [1.29, 1.82) is 0 Å². The Morgan fingerprint density at radius 3 is 2.35 bits per heavy atom. The molecule has 0 saturated carbocycles. The number of halogens is 2. The molecule has 106 valence electrons. The molecule has 0 unspecified atom stereocenters. The van der Waals surface area contributed by atoms with Crippen LogP contribution in [0.1, 0.15) is 13.3 Å². The van der Waals surface area contributed by atoms with E-state index >= 15 is 0 Å². The molecule has 0 amide bonds. The molecule has 0 atom stereocenters. The van der Waals surface area contributed by atoms with E-state index in [1.54, 1.807) is 0 Å². The first-order valence-electron chi connectivity index (χ1n) is 5.54. The first kappa shape index (κ1) is 19.7. The van der Waals surface area contributed by atoms with Crippen molar-refractivity contribution >= 4 is 34.8 Å². The molecule has 0 bridgehead atoms. The third-order valence-electron chi connectivity index (χ3n) is 2.43. The Morgan fingerprint density at radius 2 is 1.82 bits per heavy atom. The quantitative estimate of drug-likeness (QED) is 0.729. The predicted molar refractivity (Wildman–Crippen MR) is 75.9 cm³/mol. The van der Waals surface area contributed by atoms with Crippen molar-refractivity contribution in [2.45, 2.75) is 13.3 Å². The second-order valence-electron chi connectivity index (χ2n) is 3.80. The van der Waals surface area contributed by atoms with Crippen molar-refractivity contribution in [2.75, 3.05) is 45.0 Å². The number of hydrogen-bond donors (Lipinski definition) is 2. The van der Waals surface area contributed by atoms with Crippen LogP contribution in [0.4, 0.5) is 0 Å². The summed E-state index contributed by atoms with van der Waals surface area (Å²) < 4.78 is 25.3. The zero-order valence-electron chi connectivity index (χ0n) is 10.1. The van der Waals surface area contributed by atoms with Gasteiger partial charge in [-0.3, -0.25) is 4.90 Å². The van der Waals surface area contributed by atoms with Gasteiger partial charge >= 0.3 is 0 Å². The van der Waals surface area contributed by atoms with Gasteiger partial charge in [0.15, 0.2) is 0 Å². The zero-order chi connectivity index (χ0) is 11.1. The molecule has 5 nitrogen and oxygen atoms in total. The van der Waals surface area contributed by atoms with Gasteiger partial charge in [0.2, 0.25) is 10.0 Å². The highest BCUT2D eigenvalue weighted by Gasteiger charge is 2.11. The monoisotopic (exact) mass is 307 g/mol. The SMILES string of the molecule is CCCS(=O)(=O)NCCN1CCNCC1.Cl.Cl. The Hall–Kier alpha value is 0.410. The second kappa shape index (κ2) is 10.3. The lowest BCUT2D eigenvalue weighted by Gasteiger charge is -2.27. The van der Waals surface area contributed by atoms with E-state index in [0.29, 0.717) is 13.0 Å². The molecule has 2 N–H and O–H groups in total. The minimum atomic E-state index is -3.02. The van der Waals surface area contributed by atoms with Gasteiger partial charge in [-0.1, -0.05) is 6.92 Å². The van der Waals surface area contributed by atoms with E-state index in [0.717, 1.165) is 32.7 Å². The molecule has 1 saturated heterocycles. The molecule has 1 heterocycles. The van der Waals surface area contributed by atoms with Crippen molar-refractivity contribution in [3.05, 3.63) is 0 Å². The van der Waals surface area contributed by atoms with Gasteiger partial charge in [-0.05, 0) is 6.42 Å². The molecule has 1 aliphatic heterocycles. The topological polar surface area (TPSA) is 61.4 Å². The van der Waals surface area contributed by atoms with Gasteiger partial charge in [0.1, 0.15) is 0 Å². The molecule has 8 heteroatoms. The van der Waals surface area contributed by atoms with Crippen LogP contribution in [0.2, 0.25) is 0 Å². The number of sulfonamides is 1. The Morgan fingerprint density at radius 1 is 1.24 bits per heavy atom. The van der Waals surface area contributed by atoms with Crippen LogP contribution >= 0.6 is 24.8 Å². The number of nitrogens with zero attached hydrogens (tertiary/aromatic N) is 1. The van der Waals surface area contributed by atoms with Crippen LogP contribution in [0.3, 0.4) is 0 Å². The van der Waals surface area contributed by atoms with Crippen LogP contribution in [0, 0.1) is 0 Å². The van der Waals surface area contributed by atoms with Gasteiger partial charge in [-0.2, -0.15) is 0 Å². The van der Waals surface area contributed by atoms with Crippen molar-refractivity contribution in [3.63, 3.8) is 0 Å². The molecule has 0 aromatic heterocycles. The average Bonchev–Trinajstić information content (AvgIpc) is 2.19. The van der Waals surface area contributed by atoms with E-state index in [2.05, 4.69) is 14.9 Å². The maximum atomic E-state index is 11.3. The Bertz CT molecular complexity index is 269. The summed E-state index contributed by atoms with van der Waals surface area (Å²) in [6, 6.07) is 0. The predicted octanol–water partition coefficient (Wildman–Crippen LogP) is 0.0646. The number of piperazine rings is 1. The van der Waals surface area contributed by atoms with Crippen molar-refractivity contribution < 1.29 is 8.42 Å². The maximum Gasteiger partial charge on any atom is 0.211 e. The molecule has 0 aromatic rings. The molecular formula is C9H23Cl2N3O2S. The van der Waals surface area contributed by atoms with Crippen molar-refractivity contribution in [1.82, 2.24) is 14.9 Å². The van der Waals surface area contributed by atoms with Crippen molar-refractivity contribution in [3.8, 4) is 0 Å². The van der Waals surface area contributed by atoms with Gasteiger partial charge in [0.25, 0.3) is 0 Å². The van der Waals surface area contributed by atoms with Gasteiger partial charge in [-0.25, -0.2) is 13.1 Å². The summed E-state index contributed by atoms with van der Waals surface area (Å²) >= 11 is 0. The van der Waals surface area contributed by atoms with Crippen LogP contribution in [0.25, 0.3) is 0 Å². The molecule has 1 aliphatic rings. The molecular weight excluding hydrogens is 285 g/mol.